The molecule has 1 rings (SSSR count). The second kappa shape index (κ2) is 6.71. The number of pyridine rings is 1. The van der Waals surface area contributed by atoms with Crippen LogP contribution >= 0.6 is 0 Å². The molecule has 1 heterocycles. The van der Waals surface area contributed by atoms with E-state index in [1.807, 2.05) is 6.92 Å². The Morgan fingerprint density at radius 1 is 1.12 bits per heavy atom. The van der Waals surface area contributed by atoms with Gasteiger partial charge in [-0.1, -0.05) is 20.3 Å². The van der Waals surface area contributed by atoms with Gasteiger partial charge in [0, 0.05) is 25.5 Å². The summed E-state index contributed by atoms with van der Waals surface area (Å²) < 4.78 is 26.2. The number of unbranched alkanes of at least 4 members (excludes halogenated alkanes) is 1. The molecule has 0 atom stereocenters. The lowest BCUT2D eigenvalue weighted by molar-refractivity contribution is 0.402. The summed E-state index contributed by atoms with van der Waals surface area (Å²) in [4.78, 5) is 4.17. The molecule has 4 nitrogen and oxygen atoms in total. The maximum atomic E-state index is 12.3. The second-order valence-corrected chi connectivity index (χ2v) is 5.88. The molecule has 96 valence electrons. The highest BCUT2D eigenvalue weighted by molar-refractivity contribution is 7.89. The Hall–Kier alpha value is -0.940. The number of rotatable bonds is 7. The van der Waals surface area contributed by atoms with Crippen LogP contribution in [0.1, 0.15) is 33.1 Å². The molecule has 0 fully saturated rings. The molecule has 1 aromatic heterocycles. The van der Waals surface area contributed by atoms with Gasteiger partial charge in [0.15, 0.2) is 0 Å². The predicted molar refractivity (Wildman–Crippen MR) is 68.2 cm³/mol. The summed E-state index contributed by atoms with van der Waals surface area (Å²) in [7, 11) is -3.34. The third kappa shape index (κ3) is 3.78. The Balaban J connectivity index is 2.92. The van der Waals surface area contributed by atoms with Crippen LogP contribution in [0.15, 0.2) is 29.4 Å². The summed E-state index contributed by atoms with van der Waals surface area (Å²) in [6.45, 7) is 5.21. The van der Waals surface area contributed by atoms with Crippen LogP contribution in [-0.2, 0) is 10.0 Å². The Morgan fingerprint density at radius 2 is 1.76 bits per heavy atom. The van der Waals surface area contributed by atoms with Crippen molar-refractivity contribution in [2.75, 3.05) is 13.1 Å². The van der Waals surface area contributed by atoms with Gasteiger partial charge < -0.3 is 0 Å². The third-order valence-electron chi connectivity index (χ3n) is 2.52. The Kier molecular flexibility index (Phi) is 5.58. The topological polar surface area (TPSA) is 50.3 Å². The van der Waals surface area contributed by atoms with E-state index in [9.17, 15) is 8.42 Å². The maximum Gasteiger partial charge on any atom is 0.243 e. The molecule has 0 bridgehead atoms. The van der Waals surface area contributed by atoms with Crippen LogP contribution < -0.4 is 0 Å². The first-order chi connectivity index (χ1) is 8.12. The fourth-order valence-corrected chi connectivity index (χ4v) is 3.15. The molecule has 0 aliphatic carbocycles. The molecular formula is C12H20N2O2S. The number of hydrogen-bond donors (Lipinski definition) is 0. The van der Waals surface area contributed by atoms with Crippen molar-refractivity contribution in [3.8, 4) is 0 Å². The lowest BCUT2D eigenvalue weighted by Gasteiger charge is -2.21. The molecule has 0 unspecified atom stereocenters. The van der Waals surface area contributed by atoms with Gasteiger partial charge in [-0.25, -0.2) is 8.42 Å². The van der Waals surface area contributed by atoms with Crippen LogP contribution in [0.3, 0.4) is 0 Å². The van der Waals surface area contributed by atoms with Crippen molar-refractivity contribution in [3.63, 3.8) is 0 Å². The van der Waals surface area contributed by atoms with E-state index in [-0.39, 0.29) is 0 Å². The lowest BCUT2D eigenvalue weighted by atomic mass is 10.3. The normalized spacial score (nSPS) is 11.9. The van der Waals surface area contributed by atoms with Crippen LogP contribution in [0, 0.1) is 0 Å². The minimum absolute atomic E-state index is 0.331. The second-order valence-electron chi connectivity index (χ2n) is 3.94. The van der Waals surface area contributed by atoms with Crippen LogP contribution in [-0.4, -0.2) is 30.8 Å². The van der Waals surface area contributed by atoms with Crippen LogP contribution in [0.2, 0.25) is 0 Å². The van der Waals surface area contributed by atoms with Gasteiger partial charge in [-0.3, -0.25) is 4.98 Å². The standard InChI is InChI=1S/C12H20N2O2S/c1-3-5-11-14(10-4-2)17(15,16)12-6-8-13-9-7-12/h6-9H,3-5,10-11H2,1-2H3. The lowest BCUT2D eigenvalue weighted by Crippen LogP contribution is -2.32. The van der Waals surface area contributed by atoms with Gasteiger partial charge >= 0.3 is 0 Å². The zero-order valence-corrected chi connectivity index (χ0v) is 11.3. The van der Waals surface area contributed by atoms with E-state index in [1.54, 1.807) is 16.4 Å². The van der Waals surface area contributed by atoms with E-state index < -0.39 is 10.0 Å². The van der Waals surface area contributed by atoms with Gasteiger partial charge in [0.25, 0.3) is 0 Å². The number of sulfonamides is 1. The molecule has 0 aliphatic rings. The van der Waals surface area contributed by atoms with Crippen molar-refractivity contribution < 1.29 is 8.42 Å². The molecular weight excluding hydrogens is 236 g/mol. The third-order valence-corrected chi connectivity index (χ3v) is 4.43. The monoisotopic (exact) mass is 256 g/mol. The first kappa shape index (κ1) is 14.1. The van der Waals surface area contributed by atoms with E-state index in [0.717, 1.165) is 19.3 Å². The van der Waals surface area contributed by atoms with E-state index in [2.05, 4.69) is 11.9 Å². The van der Waals surface area contributed by atoms with Gasteiger partial charge in [-0.2, -0.15) is 4.31 Å². The summed E-state index contributed by atoms with van der Waals surface area (Å²) in [6, 6.07) is 3.09. The fraction of sp³-hybridized carbons (Fsp3) is 0.583. The van der Waals surface area contributed by atoms with Gasteiger partial charge in [0.2, 0.25) is 10.0 Å². The zero-order valence-electron chi connectivity index (χ0n) is 10.5. The van der Waals surface area contributed by atoms with Crippen molar-refractivity contribution in [2.45, 2.75) is 38.0 Å². The summed E-state index contributed by atoms with van der Waals surface area (Å²) in [5, 5.41) is 0. The van der Waals surface area contributed by atoms with Crippen molar-refractivity contribution >= 4 is 10.0 Å². The van der Waals surface area contributed by atoms with Gasteiger partial charge in [-0.05, 0) is 25.0 Å². The van der Waals surface area contributed by atoms with E-state index in [4.69, 9.17) is 0 Å². The molecule has 0 saturated heterocycles. The first-order valence-corrected chi connectivity index (χ1v) is 7.47. The average Bonchev–Trinajstić information content (AvgIpc) is 2.35. The summed E-state index contributed by atoms with van der Waals surface area (Å²) >= 11 is 0. The number of hydrogen-bond acceptors (Lipinski definition) is 3. The smallest absolute Gasteiger partial charge is 0.243 e. The molecule has 5 heteroatoms. The molecule has 0 aromatic carbocycles. The zero-order chi connectivity index (χ0) is 12.7. The molecule has 0 radical (unpaired) electrons. The number of nitrogens with zero attached hydrogens (tertiary/aromatic N) is 2. The van der Waals surface area contributed by atoms with Crippen molar-refractivity contribution in [1.82, 2.24) is 9.29 Å². The Bertz CT molecular complexity index is 417. The first-order valence-electron chi connectivity index (χ1n) is 6.03. The Labute approximate surface area is 104 Å². The SMILES string of the molecule is CCCCN(CCC)S(=O)(=O)c1ccncc1. The van der Waals surface area contributed by atoms with Crippen LogP contribution in [0.25, 0.3) is 0 Å². The Morgan fingerprint density at radius 3 is 2.29 bits per heavy atom. The highest BCUT2D eigenvalue weighted by Crippen LogP contribution is 2.15. The van der Waals surface area contributed by atoms with Crippen molar-refractivity contribution in [3.05, 3.63) is 24.5 Å². The fourth-order valence-electron chi connectivity index (χ4n) is 1.60. The summed E-state index contributed by atoms with van der Waals surface area (Å²) in [6.07, 6.45) is 5.73. The molecule has 0 spiro atoms. The van der Waals surface area contributed by atoms with Gasteiger partial charge in [-0.15, -0.1) is 0 Å². The van der Waals surface area contributed by atoms with Gasteiger partial charge in [0.05, 0.1) is 4.90 Å². The van der Waals surface area contributed by atoms with Crippen LogP contribution in [0.5, 0.6) is 0 Å². The molecule has 0 saturated carbocycles. The van der Waals surface area contributed by atoms with Crippen molar-refractivity contribution in [1.29, 1.82) is 0 Å². The highest BCUT2D eigenvalue weighted by atomic mass is 32.2. The number of aromatic nitrogens is 1. The van der Waals surface area contributed by atoms with Crippen LogP contribution in [0.4, 0.5) is 0 Å². The van der Waals surface area contributed by atoms with E-state index >= 15 is 0 Å². The van der Waals surface area contributed by atoms with E-state index in [1.165, 1.54) is 12.4 Å². The molecule has 0 aliphatic heterocycles. The largest absolute Gasteiger partial charge is 0.265 e. The minimum atomic E-state index is -3.34. The summed E-state index contributed by atoms with van der Waals surface area (Å²) in [5.41, 5.74) is 0. The maximum absolute atomic E-state index is 12.3. The summed E-state index contributed by atoms with van der Waals surface area (Å²) in [5.74, 6) is 0. The van der Waals surface area contributed by atoms with Gasteiger partial charge in [0.1, 0.15) is 0 Å². The molecule has 0 amide bonds. The molecule has 1 aromatic rings. The predicted octanol–water partition coefficient (Wildman–Crippen LogP) is 2.28. The van der Waals surface area contributed by atoms with Crippen molar-refractivity contribution in [2.24, 2.45) is 0 Å². The minimum Gasteiger partial charge on any atom is -0.265 e. The quantitative estimate of drug-likeness (QED) is 0.752. The molecule has 0 N–H and O–H groups in total. The molecule has 17 heavy (non-hydrogen) atoms. The average molecular weight is 256 g/mol. The van der Waals surface area contributed by atoms with E-state index in [0.29, 0.717) is 18.0 Å². The highest BCUT2D eigenvalue weighted by Gasteiger charge is 2.22.